The summed E-state index contributed by atoms with van der Waals surface area (Å²) >= 11 is 0. The minimum atomic E-state index is -2.29. The third-order valence-electron chi connectivity index (χ3n) is 13.6. The molecule has 1 unspecified atom stereocenters. The van der Waals surface area contributed by atoms with Crippen molar-refractivity contribution in [1.29, 1.82) is 0 Å². The Bertz CT molecular complexity index is 2120. The highest BCUT2D eigenvalue weighted by atomic mass is 16.7. The number of carbonyl (C=O) groups is 5. The molecule has 3 aliphatic carbocycles. The van der Waals surface area contributed by atoms with Crippen LogP contribution in [0, 0.1) is 16.7 Å². The molecule has 1 saturated heterocycles. The monoisotopic (exact) mass is 923 g/mol. The maximum Gasteiger partial charge on any atom is 0.408 e. The van der Waals surface area contributed by atoms with Crippen LogP contribution in [0.2, 0.25) is 0 Å². The first kappa shape index (κ1) is 50.7. The highest BCUT2D eigenvalue weighted by Gasteiger charge is 2.78. The second kappa shape index (κ2) is 19.8. The molecule has 362 valence electrons. The zero-order chi connectivity index (χ0) is 48.4. The number of ketones is 1. The van der Waals surface area contributed by atoms with E-state index in [0.29, 0.717) is 17.7 Å². The number of alkyl carbamates (subject to hydrolysis) is 1. The van der Waals surface area contributed by atoms with Gasteiger partial charge in [-0.2, -0.15) is 0 Å². The lowest BCUT2D eigenvalue weighted by atomic mass is 9.44. The van der Waals surface area contributed by atoms with E-state index in [1.165, 1.54) is 26.2 Å². The van der Waals surface area contributed by atoms with Gasteiger partial charge in [0.15, 0.2) is 17.5 Å². The molecule has 1 aliphatic heterocycles. The van der Waals surface area contributed by atoms with Gasteiger partial charge in [-0.3, -0.25) is 9.59 Å². The minimum Gasteiger partial charge on any atom is -0.456 e. The van der Waals surface area contributed by atoms with Crippen LogP contribution < -0.4 is 5.32 Å². The number of hydrogen-bond acceptors (Lipinski definition) is 16. The van der Waals surface area contributed by atoms with Crippen molar-refractivity contribution in [2.45, 2.75) is 135 Å². The van der Waals surface area contributed by atoms with E-state index in [9.17, 15) is 29.4 Å². The van der Waals surface area contributed by atoms with Gasteiger partial charge in [0.1, 0.15) is 42.4 Å². The van der Waals surface area contributed by atoms with Crippen molar-refractivity contribution in [2.75, 3.05) is 40.3 Å². The highest BCUT2D eigenvalue weighted by Crippen LogP contribution is 2.65. The Balaban J connectivity index is 1.56. The SMILES string of the molecule is CCOCCO[C@H]1C(=O)[C@@]2(C)C([C@H](OC(=O)c3ccccc3)[C@]3(O)C[C@H](OC(=O)[C@H](O)[C@@H](NC(=O)OC(C)(C)C)c4ccccc4)C(C)=C1C3(C)C)[C@]1(OC(C)=O)CO[C@@H]1C[C@@H]2OCOC. The fourth-order valence-electron chi connectivity index (χ4n) is 10.4. The van der Waals surface area contributed by atoms with Crippen LogP contribution in [-0.2, 0) is 57.0 Å². The zero-order valence-electron chi connectivity index (χ0n) is 39.5. The Hall–Kier alpha value is -4.75. The predicted octanol–water partition coefficient (Wildman–Crippen LogP) is 4.95. The number of amides is 1. The summed E-state index contributed by atoms with van der Waals surface area (Å²) in [5.41, 5.74) is -7.19. The van der Waals surface area contributed by atoms with Crippen LogP contribution in [0.25, 0.3) is 0 Å². The van der Waals surface area contributed by atoms with Gasteiger partial charge in [0.05, 0.1) is 48.9 Å². The lowest BCUT2D eigenvalue weighted by Crippen LogP contribution is -2.82. The summed E-state index contributed by atoms with van der Waals surface area (Å²) in [6.07, 6.45) is -9.91. The van der Waals surface area contributed by atoms with Crippen LogP contribution in [-0.4, -0.2) is 134 Å². The molecule has 0 radical (unpaired) electrons. The normalized spacial score (nSPS) is 31.1. The quantitative estimate of drug-likeness (QED) is 0.0667. The molecule has 2 bridgehead atoms. The number of methoxy groups -OCH3 is 1. The van der Waals surface area contributed by atoms with E-state index in [1.807, 2.05) is 6.92 Å². The molecular weight excluding hydrogens is 859 g/mol. The van der Waals surface area contributed by atoms with Crippen LogP contribution in [0.3, 0.4) is 0 Å². The molecule has 2 aromatic rings. The van der Waals surface area contributed by atoms with Crippen molar-refractivity contribution in [2.24, 2.45) is 16.7 Å². The Morgan fingerprint density at radius 1 is 0.955 bits per heavy atom. The lowest BCUT2D eigenvalue weighted by molar-refractivity contribution is -0.351. The van der Waals surface area contributed by atoms with Crippen molar-refractivity contribution >= 4 is 29.8 Å². The van der Waals surface area contributed by atoms with Gasteiger partial charge in [-0.1, -0.05) is 62.4 Å². The van der Waals surface area contributed by atoms with Gasteiger partial charge in [0.25, 0.3) is 0 Å². The van der Waals surface area contributed by atoms with Crippen LogP contribution in [0.4, 0.5) is 4.79 Å². The third-order valence-corrected chi connectivity index (χ3v) is 13.6. The number of esters is 3. The molecule has 2 aromatic carbocycles. The van der Waals surface area contributed by atoms with Crippen molar-refractivity contribution in [3.63, 3.8) is 0 Å². The van der Waals surface area contributed by atoms with Gasteiger partial charge >= 0.3 is 24.0 Å². The molecule has 11 atom stereocenters. The van der Waals surface area contributed by atoms with Gasteiger partial charge in [-0.15, -0.1) is 0 Å². The van der Waals surface area contributed by atoms with Crippen LogP contribution in [0.1, 0.15) is 97.1 Å². The summed E-state index contributed by atoms with van der Waals surface area (Å²) < 4.78 is 54.5. The maximum absolute atomic E-state index is 16.1. The number of fused-ring (bicyclic) bond motifs is 5. The summed E-state index contributed by atoms with van der Waals surface area (Å²) in [5.74, 6) is -4.73. The molecule has 3 N–H and O–H groups in total. The van der Waals surface area contributed by atoms with Gasteiger partial charge < -0.3 is 58.2 Å². The minimum absolute atomic E-state index is 0.0400. The van der Waals surface area contributed by atoms with E-state index in [0.717, 1.165) is 0 Å². The molecule has 4 aliphatic rings. The van der Waals surface area contributed by atoms with E-state index >= 15 is 4.79 Å². The summed E-state index contributed by atoms with van der Waals surface area (Å²) in [6.45, 7) is 14.5. The largest absolute Gasteiger partial charge is 0.456 e. The summed E-state index contributed by atoms with van der Waals surface area (Å²) in [6, 6.07) is 15.0. The molecule has 0 spiro atoms. The number of aliphatic hydroxyl groups is 2. The topological polar surface area (TPSA) is 221 Å². The number of ether oxygens (including phenoxy) is 9. The molecule has 3 fully saturated rings. The lowest BCUT2D eigenvalue weighted by Gasteiger charge is -2.68. The Kier molecular flexibility index (Phi) is 15.2. The standard InChI is InChI=1S/C49H65NO16/c1-11-59-22-23-60-38-35-28(2)32(63-43(55)37(52)36(30-18-14-12-15-19-30)50-44(56)66-45(4,5)6)25-49(57,46(35,7)8)41(64-42(54)31-20-16-13-17-21-31)39-47(9,40(38)53)33(62-27-58-10)24-34-48(39,26-61-34)65-29(3)51/h12-21,32-34,36-39,41,52,57H,11,22-27H2,1-10H3,(H,50,56)/t32-,33-,34+,36-,37+,38+,39?,41-,47+,48-,49+/m0/s1. The maximum atomic E-state index is 16.1. The first-order chi connectivity index (χ1) is 31.1. The first-order valence-corrected chi connectivity index (χ1v) is 22.3. The predicted molar refractivity (Wildman–Crippen MR) is 235 cm³/mol. The molecule has 6 rings (SSSR count). The summed E-state index contributed by atoms with van der Waals surface area (Å²) in [4.78, 5) is 71.4. The van der Waals surface area contributed by atoms with Gasteiger partial charge in [-0.05, 0) is 70.4 Å². The second-order valence-electron chi connectivity index (χ2n) is 19.2. The van der Waals surface area contributed by atoms with Crippen molar-refractivity contribution < 1.29 is 76.8 Å². The Morgan fingerprint density at radius 2 is 1.61 bits per heavy atom. The Labute approximate surface area is 385 Å². The van der Waals surface area contributed by atoms with E-state index in [4.69, 9.17) is 42.6 Å². The average molecular weight is 924 g/mol. The highest BCUT2D eigenvalue weighted by molar-refractivity contribution is 5.94. The zero-order valence-corrected chi connectivity index (χ0v) is 39.5. The van der Waals surface area contributed by atoms with E-state index in [-0.39, 0.29) is 44.2 Å². The van der Waals surface area contributed by atoms with E-state index in [2.05, 4.69) is 5.32 Å². The molecular formula is C49H65NO16. The van der Waals surface area contributed by atoms with Gasteiger partial charge in [0.2, 0.25) is 0 Å². The number of hydrogen-bond donors (Lipinski definition) is 3. The molecule has 2 saturated carbocycles. The number of carbonyl (C=O) groups excluding carboxylic acids is 5. The van der Waals surface area contributed by atoms with Gasteiger partial charge in [-0.25, -0.2) is 14.4 Å². The molecule has 17 nitrogen and oxygen atoms in total. The number of Topliss-reactive ketones (excluding diaryl/α,β-unsaturated/α-hetero) is 1. The van der Waals surface area contributed by atoms with Crippen molar-refractivity contribution in [3.05, 3.63) is 82.9 Å². The van der Waals surface area contributed by atoms with Crippen LogP contribution in [0.5, 0.6) is 0 Å². The molecule has 1 heterocycles. The third kappa shape index (κ3) is 9.53. The van der Waals surface area contributed by atoms with E-state index < -0.39 is 112 Å². The van der Waals surface area contributed by atoms with Gasteiger partial charge in [0, 0.05) is 38.9 Å². The van der Waals surface area contributed by atoms with Crippen molar-refractivity contribution in [3.8, 4) is 0 Å². The molecule has 66 heavy (non-hydrogen) atoms. The average Bonchev–Trinajstić information content (AvgIpc) is 3.25. The summed E-state index contributed by atoms with van der Waals surface area (Å²) in [7, 11) is 1.42. The molecule has 1 amide bonds. The summed E-state index contributed by atoms with van der Waals surface area (Å²) in [5, 5.41) is 28.4. The second-order valence-corrected chi connectivity index (χ2v) is 19.2. The van der Waals surface area contributed by atoms with E-state index in [1.54, 1.807) is 97.0 Å². The molecule has 17 heteroatoms. The number of nitrogens with one attached hydrogen (secondary N) is 1. The van der Waals surface area contributed by atoms with Crippen molar-refractivity contribution in [1.82, 2.24) is 5.32 Å². The number of rotatable bonds is 16. The molecule has 0 aromatic heterocycles. The fraction of sp³-hybridized carbons (Fsp3) is 0.612. The Morgan fingerprint density at radius 3 is 2.18 bits per heavy atom. The number of aliphatic hydroxyl groups excluding tert-OH is 1. The fourth-order valence-corrected chi connectivity index (χ4v) is 10.4. The first-order valence-electron chi connectivity index (χ1n) is 22.3. The van der Waals surface area contributed by atoms with Crippen LogP contribution in [0.15, 0.2) is 71.8 Å². The number of benzene rings is 2. The van der Waals surface area contributed by atoms with Crippen LogP contribution >= 0.6 is 0 Å². The smallest absolute Gasteiger partial charge is 0.408 e.